The molecule has 0 atom stereocenters. The minimum absolute atomic E-state index is 0.192. The van der Waals surface area contributed by atoms with Gasteiger partial charge in [-0.25, -0.2) is 4.98 Å². The number of amides is 1. The van der Waals surface area contributed by atoms with Gasteiger partial charge in [0, 0.05) is 25.0 Å². The van der Waals surface area contributed by atoms with Gasteiger partial charge in [-0.1, -0.05) is 6.92 Å². The van der Waals surface area contributed by atoms with Crippen LogP contribution in [0.5, 0.6) is 0 Å². The molecule has 1 heterocycles. The van der Waals surface area contributed by atoms with Crippen molar-refractivity contribution in [2.75, 3.05) is 7.05 Å². The SMILES string of the molecule is CCCC(=O)N(C)Cc1nccs1. The van der Waals surface area contributed by atoms with Gasteiger partial charge in [-0.2, -0.15) is 0 Å². The van der Waals surface area contributed by atoms with E-state index in [1.54, 1.807) is 22.4 Å². The van der Waals surface area contributed by atoms with Crippen LogP contribution in [0.2, 0.25) is 0 Å². The Kier molecular flexibility index (Phi) is 3.89. The molecule has 0 aliphatic carbocycles. The van der Waals surface area contributed by atoms with E-state index in [0.29, 0.717) is 13.0 Å². The first kappa shape index (κ1) is 10.2. The van der Waals surface area contributed by atoms with Crippen LogP contribution in [-0.4, -0.2) is 22.8 Å². The van der Waals surface area contributed by atoms with Crippen LogP contribution in [0.4, 0.5) is 0 Å². The lowest BCUT2D eigenvalue weighted by molar-refractivity contribution is -0.130. The fourth-order valence-electron chi connectivity index (χ4n) is 1.03. The van der Waals surface area contributed by atoms with Gasteiger partial charge in [-0.3, -0.25) is 4.79 Å². The summed E-state index contributed by atoms with van der Waals surface area (Å²) in [6.45, 7) is 2.64. The van der Waals surface area contributed by atoms with E-state index in [4.69, 9.17) is 0 Å². The van der Waals surface area contributed by atoms with E-state index < -0.39 is 0 Å². The standard InChI is InChI=1S/C9H14N2OS/c1-3-4-9(12)11(2)7-8-10-5-6-13-8/h5-6H,3-4,7H2,1-2H3. The van der Waals surface area contributed by atoms with Gasteiger partial charge in [0.2, 0.25) is 5.91 Å². The highest BCUT2D eigenvalue weighted by Gasteiger charge is 2.08. The molecule has 1 amide bonds. The number of nitrogens with zero attached hydrogens (tertiary/aromatic N) is 2. The first-order valence-electron chi connectivity index (χ1n) is 4.36. The van der Waals surface area contributed by atoms with Crippen molar-refractivity contribution in [2.45, 2.75) is 26.3 Å². The molecule has 0 aromatic carbocycles. The number of aromatic nitrogens is 1. The Morgan fingerprint density at radius 3 is 3.00 bits per heavy atom. The second-order valence-electron chi connectivity index (χ2n) is 2.93. The molecule has 1 rings (SSSR count). The van der Waals surface area contributed by atoms with Crippen LogP contribution in [-0.2, 0) is 11.3 Å². The summed E-state index contributed by atoms with van der Waals surface area (Å²) >= 11 is 1.58. The number of hydrogen-bond donors (Lipinski definition) is 0. The van der Waals surface area contributed by atoms with Crippen LogP contribution >= 0.6 is 11.3 Å². The third kappa shape index (κ3) is 3.14. The molecule has 0 radical (unpaired) electrons. The van der Waals surface area contributed by atoms with E-state index in [9.17, 15) is 4.79 Å². The quantitative estimate of drug-likeness (QED) is 0.740. The predicted octanol–water partition coefficient (Wildman–Crippen LogP) is 1.90. The highest BCUT2D eigenvalue weighted by Crippen LogP contribution is 2.07. The maximum absolute atomic E-state index is 11.4. The van der Waals surface area contributed by atoms with Crippen LogP contribution in [0.15, 0.2) is 11.6 Å². The van der Waals surface area contributed by atoms with Crippen molar-refractivity contribution in [3.05, 3.63) is 16.6 Å². The first-order valence-corrected chi connectivity index (χ1v) is 5.24. The zero-order chi connectivity index (χ0) is 9.68. The van der Waals surface area contributed by atoms with Crippen LogP contribution in [0.3, 0.4) is 0 Å². The first-order chi connectivity index (χ1) is 6.24. The second kappa shape index (κ2) is 4.97. The topological polar surface area (TPSA) is 33.2 Å². The number of rotatable bonds is 4. The molecule has 0 aliphatic heterocycles. The van der Waals surface area contributed by atoms with Gasteiger partial charge in [-0.05, 0) is 6.42 Å². The third-order valence-electron chi connectivity index (χ3n) is 1.75. The van der Waals surface area contributed by atoms with Crippen molar-refractivity contribution in [2.24, 2.45) is 0 Å². The highest BCUT2D eigenvalue weighted by molar-refractivity contribution is 7.09. The Morgan fingerprint density at radius 2 is 2.46 bits per heavy atom. The molecular weight excluding hydrogens is 184 g/mol. The largest absolute Gasteiger partial charge is 0.339 e. The van der Waals surface area contributed by atoms with Gasteiger partial charge in [0.1, 0.15) is 5.01 Å². The molecule has 0 aliphatic rings. The summed E-state index contributed by atoms with van der Waals surface area (Å²) in [4.78, 5) is 17.2. The van der Waals surface area contributed by atoms with E-state index in [1.165, 1.54) is 0 Å². The highest BCUT2D eigenvalue weighted by atomic mass is 32.1. The Labute approximate surface area is 82.4 Å². The van der Waals surface area contributed by atoms with Crippen LogP contribution in [0.1, 0.15) is 24.8 Å². The molecule has 1 aromatic rings. The molecule has 13 heavy (non-hydrogen) atoms. The molecule has 0 spiro atoms. The Hall–Kier alpha value is -0.900. The third-order valence-corrected chi connectivity index (χ3v) is 2.51. The minimum Gasteiger partial charge on any atom is -0.339 e. The van der Waals surface area contributed by atoms with Crippen LogP contribution in [0.25, 0.3) is 0 Å². The summed E-state index contributed by atoms with van der Waals surface area (Å²) in [5.74, 6) is 0.192. The average Bonchev–Trinajstić information content (AvgIpc) is 2.57. The second-order valence-corrected chi connectivity index (χ2v) is 3.90. The molecular formula is C9H14N2OS. The van der Waals surface area contributed by atoms with E-state index in [2.05, 4.69) is 4.98 Å². The van der Waals surface area contributed by atoms with Gasteiger partial charge in [0.05, 0.1) is 6.54 Å². The molecule has 4 heteroatoms. The van der Waals surface area contributed by atoms with Gasteiger partial charge in [0.25, 0.3) is 0 Å². The van der Waals surface area contributed by atoms with Gasteiger partial charge in [-0.15, -0.1) is 11.3 Å². The smallest absolute Gasteiger partial charge is 0.222 e. The lowest BCUT2D eigenvalue weighted by Gasteiger charge is -2.14. The normalized spacial score (nSPS) is 10.0. The summed E-state index contributed by atoms with van der Waals surface area (Å²) in [6.07, 6.45) is 3.29. The Morgan fingerprint density at radius 1 is 1.69 bits per heavy atom. The molecule has 72 valence electrons. The van der Waals surface area contributed by atoms with E-state index in [1.807, 2.05) is 19.4 Å². The number of thiazole rings is 1. The van der Waals surface area contributed by atoms with E-state index in [0.717, 1.165) is 11.4 Å². The van der Waals surface area contributed by atoms with Crippen molar-refractivity contribution in [3.63, 3.8) is 0 Å². The monoisotopic (exact) mass is 198 g/mol. The fraction of sp³-hybridized carbons (Fsp3) is 0.556. The van der Waals surface area contributed by atoms with Gasteiger partial charge in [0.15, 0.2) is 0 Å². The van der Waals surface area contributed by atoms with Gasteiger partial charge >= 0.3 is 0 Å². The molecule has 0 saturated carbocycles. The van der Waals surface area contributed by atoms with Crippen LogP contribution < -0.4 is 0 Å². The van der Waals surface area contributed by atoms with Crippen molar-refractivity contribution < 1.29 is 4.79 Å². The zero-order valence-corrected chi connectivity index (χ0v) is 8.80. The molecule has 0 bridgehead atoms. The summed E-state index contributed by atoms with van der Waals surface area (Å²) in [7, 11) is 1.82. The number of carbonyl (C=O) groups excluding carboxylic acids is 1. The summed E-state index contributed by atoms with van der Waals surface area (Å²) in [6, 6.07) is 0. The number of carbonyl (C=O) groups is 1. The predicted molar refractivity (Wildman–Crippen MR) is 53.5 cm³/mol. The van der Waals surface area contributed by atoms with Crippen molar-refractivity contribution in [1.29, 1.82) is 0 Å². The van der Waals surface area contributed by atoms with Crippen LogP contribution in [0, 0.1) is 0 Å². The van der Waals surface area contributed by atoms with Crippen molar-refractivity contribution >= 4 is 17.2 Å². The molecule has 0 fully saturated rings. The maximum Gasteiger partial charge on any atom is 0.222 e. The minimum atomic E-state index is 0.192. The van der Waals surface area contributed by atoms with E-state index >= 15 is 0 Å². The molecule has 3 nitrogen and oxygen atoms in total. The maximum atomic E-state index is 11.4. The van der Waals surface area contributed by atoms with Crippen molar-refractivity contribution in [3.8, 4) is 0 Å². The van der Waals surface area contributed by atoms with Crippen molar-refractivity contribution in [1.82, 2.24) is 9.88 Å². The lowest BCUT2D eigenvalue weighted by Crippen LogP contribution is -2.25. The Balaban J connectivity index is 2.41. The molecule has 0 N–H and O–H groups in total. The van der Waals surface area contributed by atoms with E-state index in [-0.39, 0.29) is 5.91 Å². The fourth-order valence-corrected chi connectivity index (χ4v) is 1.70. The Bertz CT molecular complexity index is 259. The molecule has 0 unspecified atom stereocenters. The average molecular weight is 198 g/mol. The zero-order valence-electron chi connectivity index (χ0n) is 7.99. The summed E-state index contributed by atoms with van der Waals surface area (Å²) < 4.78 is 0. The summed E-state index contributed by atoms with van der Waals surface area (Å²) in [5, 5.41) is 2.92. The lowest BCUT2D eigenvalue weighted by atomic mass is 10.3. The number of hydrogen-bond acceptors (Lipinski definition) is 3. The molecule has 1 aromatic heterocycles. The van der Waals surface area contributed by atoms with Gasteiger partial charge < -0.3 is 4.90 Å². The molecule has 0 saturated heterocycles. The summed E-state index contributed by atoms with van der Waals surface area (Å²) in [5.41, 5.74) is 0.